The molecule has 0 radical (unpaired) electrons. The molecule has 3 aromatic rings. The summed E-state index contributed by atoms with van der Waals surface area (Å²) >= 11 is 12.6. The molecule has 1 saturated heterocycles. The molecular weight excluding hydrogens is 471 g/mol. The molecule has 0 amide bonds. The largest absolute Gasteiger partial charge is 0.395 e. The molecule has 2 aromatic carbocycles. The molecule has 4 rings (SSSR count). The van der Waals surface area contributed by atoms with Crippen LogP contribution in [0.5, 0.6) is 0 Å². The van der Waals surface area contributed by atoms with Crippen molar-refractivity contribution in [2.45, 2.75) is 12.8 Å². The van der Waals surface area contributed by atoms with Crippen molar-refractivity contribution < 1.29 is 13.6 Å². The Bertz CT molecular complexity index is 1220. The number of nitrogens with one attached hydrogen (secondary N) is 1. The van der Waals surface area contributed by atoms with Gasteiger partial charge in [0.25, 0.3) is 5.56 Å². The average molecular weight is 492 g/mol. The lowest BCUT2D eigenvalue weighted by atomic mass is 10.00. The molecule has 1 N–H and O–H groups in total. The zero-order valence-electron chi connectivity index (χ0n) is 17.5. The molecule has 1 fully saturated rings. The Morgan fingerprint density at radius 3 is 2.52 bits per heavy atom. The van der Waals surface area contributed by atoms with Gasteiger partial charge in [-0.25, -0.2) is 8.78 Å². The normalized spacial score (nSPS) is 15.0. The highest BCUT2D eigenvalue weighted by Crippen LogP contribution is 2.28. The fourth-order valence-corrected chi connectivity index (χ4v) is 4.30. The molecule has 9 heteroatoms. The van der Waals surface area contributed by atoms with E-state index in [1.165, 1.54) is 29.0 Å². The molecule has 5 nitrogen and oxygen atoms in total. The lowest BCUT2D eigenvalue weighted by Crippen LogP contribution is -2.29. The Morgan fingerprint density at radius 2 is 1.82 bits per heavy atom. The van der Waals surface area contributed by atoms with Crippen LogP contribution in [0.15, 0.2) is 64.7 Å². The smallest absolute Gasteiger partial charge is 0.255 e. The van der Waals surface area contributed by atoms with E-state index in [1.807, 2.05) is 0 Å². The number of para-hydroxylation sites is 1. The first kappa shape index (κ1) is 23.4. The van der Waals surface area contributed by atoms with Crippen LogP contribution in [0.2, 0.25) is 10.0 Å². The number of piperidine rings is 1. The maximum atomic E-state index is 14.7. The molecule has 1 aliphatic heterocycles. The summed E-state index contributed by atoms with van der Waals surface area (Å²) in [7, 11) is 0. The fourth-order valence-electron chi connectivity index (χ4n) is 3.72. The van der Waals surface area contributed by atoms with Gasteiger partial charge in [-0.2, -0.15) is 0 Å². The third-order valence-corrected chi connectivity index (χ3v) is 6.08. The Hall–Kier alpha value is -2.74. The van der Waals surface area contributed by atoms with Gasteiger partial charge >= 0.3 is 0 Å². The minimum Gasteiger partial charge on any atom is -0.395 e. The van der Waals surface area contributed by atoms with Gasteiger partial charge in [0.15, 0.2) is 0 Å². The first-order chi connectivity index (χ1) is 15.9. The van der Waals surface area contributed by atoms with E-state index in [1.54, 1.807) is 18.2 Å². The summed E-state index contributed by atoms with van der Waals surface area (Å²) in [6.07, 6.45) is 3.36. The number of rotatable bonds is 6. The summed E-state index contributed by atoms with van der Waals surface area (Å²) in [6, 6.07) is 10.9. The molecule has 0 saturated carbocycles. The van der Waals surface area contributed by atoms with E-state index >= 15 is 0 Å². The molecule has 0 aliphatic carbocycles. The zero-order chi connectivity index (χ0) is 23.4. The summed E-state index contributed by atoms with van der Waals surface area (Å²) < 4.78 is 29.5. The van der Waals surface area contributed by atoms with Crippen LogP contribution >= 0.6 is 23.2 Å². The van der Waals surface area contributed by atoms with Gasteiger partial charge < -0.3 is 10.2 Å². The summed E-state index contributed by atoms with van der Waals surface area (Å²) in [5.41, 5.74) is 0.447. The summed E-state index contributed by atoms with van der Waals surface area (Å²) in [6.45, 7) is 2.17. The van der Waals surface area contributed by atoms with Crippen molar-refractivity contribution in [3.8, 4) is 5.69 Å². The highest BCUT2D eigenvalue weighted by molar-refractivity contribution is 6.37. The molecule has 172 valence electrons. The van der Waals surface area contributed by atoms with Crippen molar-refractivity contribution in [1.29, 1.82) is 0 Å². The fraction of sp³-hybridized carbons (Fsp3) is 0.250. The number of oxime groups is 1. The van der Waals surface area contributed by atoms with Crippen molar-refractivity contribution in [3.05, 3.63) is 97.9 Å². The maximum absolute atomic E-state index is 14.7. The Kier molecular flexibility index (Phi) is 7.42. The Morgan fingerprint density at radius 1 is 1.09 bits per heavy atom. The summed E-state index contributed by atoms with van der Waals surface area (Å²) in [5, 5.41) is 8.04. The predicted molar refractivity (Wildman–Crippen MR) is 126 cm³/mol. The van der Waals surface area contributed by atoms with E-state index in [9.17, 15) is 13.6 Å². The minimum absolute atomic E-state index is 0.0390. The van der Waals surface area contributed by atoms with E-state index in [-0.39, 0.29) is 26.9 Å². The topological polar surface area (TPSA) is 55.6 Å². The maximum Gasteiger partial charge on any atom is 0.255 e. The van der Waals surface area contributed by atoms with E-state index in [2.05, 4.69) is 10.5 Å². The van der Waals surface area contributed by atoms with Crippen LogP contribution in [0.4, 0.5) is 8.78 Å². The first-order valence-corrected chi connectivity index (χ1v) is 11.2. The van der Waals surface area contributed by atoms with Gasteiger partial charge in [-0.1, -0.05) is 34.4 Å². The number of hydrogen-bond donors (Lipinski definition) is 1. The second-order valence-corrected chi connectivity index (χ2v) is 8.56. The minimum atomic E-state index is -0.798. The van der Waals surface area contributed by atoms with Crippen LogP contribution in [0, 0.1) is 17.6 Å². The zero-order valence-corrected chi connectivity index (χ0v) is 19.0. The van der Waals surface area contributed by atoms with Gasteiger partial charge in [0.05, 0.1) is 15.7 Å². The molecule has 2 heterocycles. The van der Waals surface area contributed by atoms with Gasteiger partial charge in [-0.15, -0.1) is 0 Å². The van der Waals surface area contributed by atoms with Gasteiger partial charge in [0, 0.05) is 29.5 Å². The van der Waals surface area contributed by atoms with Gasteiger partial charge in [-0.05, 0) is 62.2 Å². The monoisotopic (exact) mass is 491 g/mol. The Balaban J connectivity index is 1.77. The molecule has 0 bridgehead atoms. The molecule has 1 aliphatic rings. The lowest BCUT2D eigenvalue weighted by molar-refractivity contribution is 0.0946. The molecule has 0 unspecified atom stereocenters. The highest BCUT2D eigenvalue weighted by Gasteiger charge is 2.18. The summed E-state index contributed by atoms with van der Waals surface area (Å²) in [5.74, 6) is -1.18. The standard InChI is InChI=1S/C24H21Cl2F2N3O2/c25-19-2-1-3-20(26)24(19)31-13-16(4-7-22(31)32)23(18-6-5-17(27)12-21(18)28)30-33-14-15-8-10-29-11-9-15/h1-7,12-13,15,29H,8-11,14H2/b30-23-. The van der Waals surface area contributed by atoms with Crippen LogP contribution in [-0.2, 0) is 4.84 Å². The van der Waals surface area contributed by atoms with Crippen LogP contribution in [0.25, 0.3) is 5.69 Å². The van der Waals surface area contributed by atoms with E-state index in [0.717, 1.165) is 38.1 Å². The first-order valence-electron chi connectivity index (χ1n) is 10.5. The number of aromatic nitrogens is 1. The van der Waals surface area contributed by atoms with Gasteiger partial charge in [0.1, 0.15) is 24.0 Å². The lowest BCUT2D eigenvalue weighted by Gasteiger charge is -2.21. The predicted octanol–water partition coefficient (Wildman–Crippen LogP) is 5.19. The van der Waals surface area contributed by atoms with E-state index in [4.69, 9.17) is 28.0 Å². The summed E-state index contributed by atoms with van der Waals surface area (Å²) in [4.78, 5) is 18.2. The third kappa shape index (κ3) is 5.43. The quantitative estimate of drug-likeness (QED) is 0.381. The molecule has 1 aromatic heterocycles. The van der Waals surface area contributed by atoms with Crippen LogP contribution in [-0.4, -0.2) is 30.0 Å². The third-order valence-electron chi connectivity index (χ3n) is 5.47. The SMILES string of the molecule is O=c1ccc(/C(=N/OCC2CCNCC2)c2ccc(F)cc2F)cn1-c1c(Cl)cccc1Cl. The number of nitrogens with zero attached hydrogens (tertiary/aromatic N) is 2. The van der Waals surface area contributed by atoms with Crippen LogP contribution < -0.4 is 10.9 Å². The van der Waals surface area contributed by atoms with Crippen LogP contribution in [0.3, 0.4) is 0 Å². The number of benzene rings is 2. The van der Waals surface area contributed by atoms with Crippen molar-refractivity contribution in [3.63, 3.8) is 0 Å². The molecule has 33 heavy (non-hydrogen) atoms. The molecule has 0 spiro atoms. The number of halogens is 4. The van der Waals surface area contributed by atoms with Crippen molar-refractivity contribution in [1.82, 2.24) is 9.88 Å². The van der Waals surface area contributed by atoms with Gasteiger partial charge in [0.2, 0.25) is 0 Å². The van der Waals surface area contributed by atoms with Crippen molar-refractivity contribution in [2.75, 3.05) is 19.7 Å². The van der Waals surface area contributed by atoms with E-state index in [0.29, 0.717) is 23.8 Å². The molecule has 0 atom stereocenters. The second kappa shape index (κ2) is 10.5. The van der Waals surface area contributed by atoms with Crippen molar-refractivity contribution in [2.24, 2.45) is 11.1 Å². The molecular formula is C24H21Cl2F2N3O2. The number of pyridine rings is 1. The van der Waals surface area contributed by atoms with Crippen LogP contribution in [0.1, 0.15) is 24.0 Å². The van der Waals surface area contributed by atoms with Gasteiger partial charge in [-0.3, -0.25) is 9.36 Å². The number of hydrogen-bond acceptors (Lipinski definition) is 4. The highest BCUT2D eigenvalue weighted by atomic mass is 35.5. The van der Waals surface area contributed by atoms with Crippen molar-refractivity contribution >= 4 is 28.9 Å². The second-order valence-electron chi connectivity index (χ2n) is 7.75. The average Bonchev–Trinajstić information content (AvgIpc) is 2.79. The van der Waals surface area contributed by atoms with E-state index < -0.39 is 11.6 Å². The Labute approximate surface area is 199 Å².